The first-order chi connectivity index (χ1) is 13.5. The predicted octanol–water partition coefficient (Wildman–Crippen LogP) is 5.85. The maximum atomic E-state index is 13.3. The second kappa shape index (κ2) is 8.97. The SMILES string of the molecule is CCCCOC(=O)N(CC)c1c(C(=O)c2cnoc2C2CC2)ccc(Cl)c1Cl. The molecule has 0 radical (unpaired) electrons. The van der Waals surface area contributed by atoms with Crippen LogP contribution in [0, 0.1) is 0 Å². The van der Waals surface area contributed by atoms with Gasteiger partial charge in [-0.15, -0.1) is 0 Å². The maximum Gasteiger partial charge on any atom is 0.414 e. The van der Waals surface area contributed by atoms with E-state index in [-0.39, 0.29) is 39.5 Å². The fourth-order valence-corrected chi connectivity index (χ4v) is 3.37. The number of ketones is 1. The molecule has 1 aliphatic rings. The fraction of sp³-hybridized carbons (Fsp3) is 0.450. The molecule has 0 N–H and O–H groups in total. The van der Waals surface area contributed by atoms with Crippen LogP contribution in [0.2, 0.25) is 10.0 Å². The van der Waals surface area contributed by atoms with Crippen molar-refractivity contribution < 1.29 is 18.8 Å². The van der Waals surface area contributed by atoms with Crippen molar-refractivity contribution in [2.24, 2.45) is 0 Å². The zero-order chi connectivity index (χ0) is 20.3. The molecule has 3 rings (SSSR count). The first-order valence-electron chi connectivity index (χ1n) is 9.41. The number of halogens is 2. The molecule has 0 atom stereocenters. The van der Waals surface area contributed by atoms with Gasteiger partial charge in [0.05, 0.1) is 34.1 Å². The Morgan fingerprint density at radius 2 is 2.00 bits per heavy atom. The zero-order valence-electron chi connectivity index (χ0n) is 15.8. The summed E-state index contributed by atoms with van der Waals surface area (Å²) in [6.07, 6.45) is 4.44. The first kappa shape index (κ1) is 20.7. The van der Waals surface area contributed by atoms with Crippen LogP contribution < -0.4 is 4.90 Å². The largest absolute Gasteiger partial charge is 0.449 e. The molecule has 0 spiro atoms. The minimum atomic E-state index is -0.568. The van der Waals surface area contributed by atoms with Crippen molar-refractivity contribution in [2.45, 2.75) is 45.4 Å². The summed E-state index contributed by atoms with van der Waals surface area (Å²) in [4.78, 5) is 27.2. The Morgan fingerprint density at radius 3 is 2.64 bits per heavy atom. The third-order valence-electron chi connectivity index (χ3n) is 4.63. The lowest BCUT2D eigenvalue weighted by Gasteiger charge is -2.24. The van der Waals surface area contributed by atoms with Crippen molar-refractivity contribution in [1.29, 1.82) is 0 Å². The minimum Gasteiger partial charge on any atom is -0.449 e. The molecule has 0 aliphatic heterocycles. The van der Waals surface area contributed by atoms with Crippen LogP contribution in [0.25, 0.3) is 0 Å². The Bertz CT molecular complexity index is 877. The van der Waals surface area contributed by atoms with Crippen LogP contribution >= 0.6 is 23.2 Å². The van der Waals surface area contributed by atoms with Gasteiger partial charge in [0.25, 0.3) is 0 Å². The van der Waals surface area contributed by atoms with E-state index in [0.717, 1.165) is 25.7 Å². The molecule has 0 bridgehead atoms. The van der Waals surface area contributed by atoms with E-state index in [0.29, 0.717) is 17.9 Å². The Balaban J connectivity index is 2.00. The van der Waals surface area contributed by atoms with Crippen molar-refractivity contribution in [3.8, 4) is 0 Å². The van der Waals surface area contributed by atoms with Crippen molar-refractivity contribution in [1.82, 2.24) is 5.16 Å². The van der Waals surface area contributed by atoms with E-state index < -0.39 is 6.09 Å². The van der Waals surface area contributed by atoms with Gasteiger partial charge in [-0.25, -0.2) is 4.79 Å². The summed E-state index contributed by atoms with van der Waals surface area (Å²) in [6, 6.07) is 3.11. The van der Waals surface area contributed by atoms with Crippen molar-refractivity contribution in [3.05, 3.63) is 45.3 Å². The van der Waals surface area contributed by atoms with Crippen LogP contribution in [0.3, 0.4) is 0 Å². The third kappa shape index (κ3) is 4.18. The first-order valence-corrected chi connectivity index (χ1v) is 10.2. The number of aromatic nitrogens is 1. The quantitative estimate of drug-likeness (QED) is 0.392. The lowest BCUT2D eigenvalue weighted by molar-refractivity contribution is 0.103. The van der Waals surface area contributed by atoms with Gasteiger partial charge in [-0.3, -0.25) is 9.69 Å². The second-order valence-corrected chi connectivity index (χ2v) is 7.46. The van der Waals surface area contributed by atoms with E-state index in [4.69, 9.17) is 32.5 Å². The number of carbonyl (C=O) groups excluding carboxylic acids is 2. The van der Waals surface area contributed by atoms with Crippen LogP contribution in [0.15, 0.2) is 22.9 Å². The molecule has 0 saturated heterocycles. The normalized spacial score (nSPS) is 13.4. The molecule has 0 unspecified atom stereocenters. The highest BCUT2D eigenvalue weighted by Crippen LogP contribution is 2.43. The summed E-state index contributed by atoms with van der Waals surface area (Å²) in [5.41, 5.74) is 0.887. The lowest BCUT2D eigenvalue weighted by Crippen LogP contribution is -2.33. The Morgan fingerprint density at radius 1 is 1.25 bits per heavy atom. The molecule has 6 nitrogen and oxygen atoms in total. The van der Waals surface area contributed by atoms with Gasteiger partial charge in [0.2, 0.25) is 0 Å². The summed E-state index contributed by atoms with van der Waals surface area (Å²) in [6.45, 7) is 4.35. The molecule has 1 aliphatic carbocycles. The lowest BCUT2D eigenvalue weighted by atomic mass is 10.00. The van der Waals surface area contributed by atoms with Gasteiger partial charge in [0, 0.05) is 18.0 Å². The van der Waals surface area contributed by atoms with Crippen LogP contribution in [-0.4, -0.2) is 30.2 Å². The number of hydrogen-bond acceptors (Lipinski definition) is 5. The average molecular weight is 425 g/mol. The van der Waals surface area contributed by atoms with E-state index in [9.17, 15) is 9.59 Å². The number of amides is 1. The molecular weight excluding hydrogens is 403 g/mol. The second-order valence-electron chi connectivity index (χ2n) is 6.68. The van der Waals surface area contributed by atoms with E-state index in [1.807, 2.05) is 6.92 Å². The molecule has 1 fully saturated rings. The maximum absolute atomic E-state index is 13.3. The van der Waals surface area contributed by atoms with Crippen LogP contribution in [0.5, 0.6) is 0 Å². The third-order valence-corrected chi connectivity index (χ3v) is 5.43. The van der Waals surface area contributed by atoms with Crippen LogP contribution in [-0.2, 0) is 4.74 Å². The number of unbranched alkanes of at least 4 members (excludes halogenated alkanes) is 1. The molecule has 8 heteroatoms. The summed E-state index contributed by atoms with van der Waals surface area (Å²) in [5.74, 6) is 0.487. The van der Waals surface area contributed by atoms with Crippen molar-refractivity contribution in [2.75, 3.05) is 18.1 Å². The average Bonchev–Trinajstić information content (AvgIpc) is 3.42. The molecule has 1 aromatic carbocycles. The van der Waals surface area contributed by atoms with Gasteiger partial charge in [0.15, 0.2) is 11.5 Å². The molecule has 150 valence electrons. The summed E-state index contributed by atoms with van der Waals surface area (Å²) >= 11 is 12.6. The zero-order valence-corrected chi connectivity index (χ0v) is 17.3. The number of nitrogens with zero attached hydrogens (tertiary/aromatic N) is 2. The molecule has 1 saturated carbocycles. The predicted molar refractivity (Wildman–Crippen MR) is 108 cm³/mol. The summed E-state index contributed by atoms with van der Waals surface area (Å²) < 4.78 is 10.6. The van der Waals surface area contributed by atoms with Crippen molar-refractivity contribution in [3.63, 3.8) is 0 Å². The van der Waals surface area contributed by atoms with Gasteiger partial charge in [-0.1, -0.05) is 41.7 Å². The summed E-state index contributed by atoms with van der Waals surface area (Å²) in [7, 11) is 0. The monoisotopic (exact) mass is 424 g/mol. The molecule has 1 heterocycles. The number of carbonyl (C=O) groups is 2. The fourth-order valence-electron chi connectivity index (χ4n) is 2.95. The number of ether oxygens (including phenoxy) is 1. The van der Waals surface area contributed by atoms with Gasteiger partial charge < -0.3 is 9.26 Å². The van der Waals surface area contributed by atoms with Crippen molar-refractivity contribution >= 4 is 40.8 Å². The van der Waals surface area contributed by atoms with E-state index in [2.05, 4.69) is 5.16 Å². The number of anilines is 1. The molecular formula is C20H22Cl2N2O4. The van der Waals surface area contributed by atoms with E-state index in [1.165, 1.54) is 11.1 Å². The molecule has 1 aromatic heterocycles. The molecule has 2 aromatic rings. The van der Waals surface area contributed by atoms with E-state index in [1.54, 1.807) is 19.1 Å². The molecule has 1 amide bonds. The summed E-state index contributed by atoms with van der Waals surface area (Å²) in [5, 5.41) is 4.17. The standard InChI is InChI=1S/C20H22Cl2N2O4/c1-3-5-10-27-20(26)24(4-2)17-13(8-9-15(21)16(17)22)18(25)14-11-23-28-19(14)12-6-7-12/h8-9,11-12H,3-7,10H2,1-2H3. The van der Waals surface area contributed by atoms with Gasteiger partial charge in [0.1, 0.15) is 0 Å². The minimum absolute atomic E-state index is 0.131. The van der Waals surface area contributed by atoms with Gasteiger partial charge in [-0.05, 0) is 38.3 Å². The highest BCUT2D eigenvalue weighted by Gasteiger charge is 2.34. The highest BCUT2D eigenvalue weighted by atomic mass is 35.5. The number of hydrogen-bond donors (Lipinski definition) is 0. The smallest absolute Gasteiger partial charge is 0.414 e. The van der Waals surface area contributed by atoms with Gasteiger partial charge >= 0.3 is 6.09 Å². The van der Waals surface area contributed by atoms with Crippen LogP contribution in [0.1, 0.15) is 67.1 Å². The Labute approximate surface area is 173 Å². The highest BCUT2D eigenvalue weighted by molar-refractivity contribution is 6.44. The Hall–Kier alpha value is -2.05. The molecule has 28 heavy (non-hydrogen) atoms. The van der Waals surface area contributed by atoms with Gasteiger partial charge in [-0.2, -0.15) is 0 Å². The number of rotatable bonds is 8. The number of benzene rings is 1. The topological polar surface area (TPSA) is 72.6 Å². The van der Waals surface area contributed by atoms with E-state index >= 15 is 0 Å². The van der Waals surface area contributed by atoms with Crippen LogP contribution in [0.4, 0.5) is 10.5 Å². The Kier molecular flexibility index (Phi) is 6.62.